The Kier molecular flexibility index (Phi) is 3.98. The molecule has 3 aromatic rings. The Bertz CT molecular complexity index is 840. The maximum Gasteiger partial charge on any atom is 0.123 e. The number of ether oxygens (including phenoxy) is 1. The van der Waals surface area contributed by atoms with Crippen LogP contribution in [0.5, 0.6) is 5.75 Å². The average molecular weight is 324 g/mol. The Hall–Kier alpha value is -2.33. The number of hydrogen-bond donors (Lipinski definition) is 2. The van der Waals surface area contributed by atoms with Crippen molar-refractivity contribution >= 4 is 10.9 Å². The SMILES string of the molecule is COc1ccc(CNC[C@@H]2C[C@H]2c2c[nH]c3ccc(F)cc23)cc1. The van der Waals surface area contributed by atoms with Crippen LogP contribution in [0.4, 0.5) is 4.39 Å². The lowest BCUT2D eigenvalue weighted by atomic mass is 10.1. The number of halogens is 1. The van der Waals surface area contributed by atoms with Gasteiger partial charge in [-0.25, -0.2) is 4.39 Å². The molecule has 124 valence electrons. The molecule has 0 bridgehead atoms. The van der Waals surface area contributed by atoms with E-state index in [9.17, 15) is 4.39 Å². The number of rotatable bonds is 6. The van der Waals surface area contributed by atoms with E-state index in [2.05, 4.69) is 22.4 Å². The van der Waals surface area contributed by atoms with E-state index in [0.29, 0.717) is 11.8 Å². The molecule has 24 heavy (non-hydrogen) atoms. The number of benzene rings is 2. The summed E-state index contributed by atoms with van der Waals surface area (Å²) >= 11 is 0. The largest absolute Gasteiger partial charge is 0.497 e. The molecule has 0 aliphatic heterocycles. The minimum Gasteiger partial charge on any atom is -0.497 e. The normalized spacial score (nSPS) is 19.6. The maximum atomic E-state index is 13.5. The van der Waals surface area contributed by atoms with Crippen molar-refractivity contribution in [2.75, 3.05) is 13.7 Å². The highest BCUT2D eigenvalue weighted by Crippen LogP contribution is 2.49. The van der Waals surface area contributed by atoms with Gasteiger partial charge >= 0.3 is 0 Å². The molecule has 0 spiro atoms. The molecule has 1 fully saturated rings. The van der Waals surface area contributed by atoms with Gasteiger partial charge in [0.15, 0.2) is 0 Å². The van der Waals surface area contributed by atoms with Crippen LogP contribution in [0, 0.1) is 11.7 Å². The van der Waals surface area contributed by atoms with Crippen LogP contribution in [0.3, 0.4) is 0 Å². The number of hydrogen-bond acceptors (Lipinski definition) is 2. The second kappa shape index (κ2) is 6.29. The highest BCUT2D eigenvalue weighted by atomic mass is 19.1. The predicted octanol–water partition coefficient (Wildman–Crippen LogP) is 4.21. The average Bonchev–Trinajstić information content (AvgIpc) is 3.25. The van der Waals surface area contributed by atoms with Crippen molar-refractivity contribution in [3.8, 4) is 5.75 Å². The number of methoxy groups -OCH3 is 1. The Labute approximate surface area is 140 Å². The smallest absolute Gasteiger partial charge is 0.123 e. The molecule has 0 radical (unpaired) electrons. The van der Waals surface area contributed by atoms with Crippen molar-refractivity contribution < 1.29 is 9.13 Å². The molecule has 4 rings (SSSR count). The minimum absolute atomic E-state index is 0.168. The molecule has 2 atom stereocenters. The second-order valence-electron chi connectivity index (χ2n) is 6.52. The maximum absolute atomic E-state index is 13.5. The van der Waals surface area contributed by atoms with Crippen molar-refractivity contribution in [3.05, 3.63) is 65.6 Å². The Morgan fingerprint density at radius 2 is 2.04 bits per heavy atom. The summed E-state index contributed by atoms with van der Waals surface area (Å²) in [4.78, 5) is 3.25. The summed E-state index contributed by atoms with van der Waals surface area (Å²) in [5.41, 5.74) is 3.52. The highest BCUT2D eigenvalue weighted by Gasteiger charge is 2.39. The second-order valence-corrected chi connectivity index (χ2v) is 6.52. The van der Waals surface area contributed by atoms with Crippen LogP contribution in [-0.2, 0) is 6.54 Å². The summed E-state index contributed by atoms with van der Waals surface area (Å²) < 4.78 is 18.7. The lowest BCUT2D eigenvalue weighted by Crippen LogP contribution is -2.16. The number of nitrogens with one attached hydrogen (secondary N) is 2. The number of aromatic amines is 1. The number of aromatic nitrogens is 1. The third kappa shape index (κ3) is 3.02. The van der Waals surface area contributed by atoms with Crippen molar-refractivity contribution in [1.82, 2.24) is 10.3 Å². The fourth-order valence-corrected chi connectivity index (χ4v) is 3.42. The lowest BCUT2D eigenvalue weighted by Gasteiger charge is -2.06. The molecular weight excluding hydrogens is 303 g/mol. The van der Waals surface area contributed by atoms with Crippen LogP contribution in [0.2, 0.25) is 0 Å². The minimum atomic E-state index is -0.168. The van der Waals surface area contributed by atoms with Crippen molar-refractivity contribution in [3.63, 3.8) is 0 Å². The van der Waals surface area contributed by atoms with Gasteiger partial charge in [-0.05, 0) is 66.3 Å². The molecule has 1 heterocycles. The topological polar surface area (TPSA) is 37.0 Å². The molecule has 1 saturated carbocycles. The molecule has 0 unspecified atom stereocenters. The predicted molar refractivity (Wildman–Crippen MR) is 93.8 cm³/mol. The van der Waals surface area contributed by atoms with Gasteiger partial charge in [-0.3, -0.25) is 0 Å². The molecule has 1 aliphatic rings. The van der Waals surface area contributed by atoms with E-state index in [1.54, 1.807) is 13.2 Å². The molecule has 2 aromatic carbocycles. The zero-order valence-corrected chi connectivity index (χ0v) is 13.7. The monoisotopic (exact) mass is 324 g/mol. The van der Waals surface area contributed by atoms with E-state index in [1.807, 2.05) is 24.4 Å². The van der Waals surface area contributed by atoms with Gasteiger partial charge in [0.05, 0.1) is 7.11 Å². The van der Waals surface area contributed by atoms with E-state index in [1.165, 1.54) is 23.6 Å². The first-order chi connectivity index (χ1) is 11.7. The summed E-state index contributed by atoms with van der Waals surface area (Å²) in [5, 5.41) is 4.55. The molecule has 2 N–H and O–H groups in total. The zero-order chi connectivity index (χ0) is 16.5. The zero-order valence-electron chi connectivity index (χ0n) is 13.7. The van der Waals surface area contributed by atoms with Crippen LogP contribution in [0.15, 0.2) is 48.7 Å². The fraction of sp³-hybridized carbons (Fsp3) is 0.300. The molecule has 1 aliphatic carbocycles. The van der Waals surface area contributed by atoms with E-state index in [4.69, 9.17) is 4.74 Å². The van der Waals surface area contributed by atoms with Gasteiger partial charge in [0, 0.05) is 23.6 Å². The molecule has 3 nitrogen and oxygen atoms in total. The van der Waals surface area contributed by atoms with Crippen LogP contribution in [-0.4, -0.2) is 18.6 Å². The van der Waals surface area contributed by atoms with Gasteiger partial charge in [0.25, 0.3) is 0 Å². The molecule has 0 amide bonds. The van der Waals surface area contributed by atoms with Gasteiger partial charge in [0.1, 0.15) is 11.6 Å². The van der Waals surface area contributed by atoms with Crippen LogP contribution >= 0.6 is 0 Å². The Balaban J connectivity index is 1.33. The molecular formula is C20H21FN2O. The first-order valence-electron chi connectivity index (χ1n) is 8.35. The standard InChI is InChI=1S/C20H21FN2O/c1-24-16-5-2-13(3-6-16)10-22-11-14-8-17(14)19-12-23-20-7-4-15(21)9-18(19)20/h2-7,9,12,14,17,22-23H,8,10-11H2,1H3/t14-,17+/m0/s1. The van der Waals surface area contributed by atoms with E-state index in [-0.39, 0.29) is 5.82 Å². The molecule has 1 aromatic heterocycles. The quantitative estimate of drug-likeness (QED) is 0.713. The molecule has 0 saturated heterocycles. The van der Waals surface area contributed by atoms with Gasteiger partial charge in [0.2, 0.25) is 0 Å². The van der Waals surface area contributed by atoms with Gasteiger partial charge in [-0.15, -0.1) is 0 Å². The summed E-state index contributed by atoms with van der Waals surface area (Å²) in [6, 6.07) is 13.1. The highest BCUT2D eigenvalue weighted by molar-refractivity contribution is 5.84. The van der Waals surface area contributed by atoms with Crippen molar-refractivity contribution in [2.45, 2.75) is 18.9 Å². The summed E-state index contributed by atoms with van der Waals surface area (Å²) in [5.74, 6) is 1.88. The fourth-order valence-electron chi connectivity index (χ4n) is 3.42. The number of fused-ring (bicyclic) bond motifs is 1. The van der Waals surface area contributed by atoms with Crippen LogP contribution in [0.25, 0.3) is 10.9 Å². The third-order valence-electron chi connectivity index (χ3n) is 4.89. The number of H-pyrrole nitrogens is 1. The van der Waals surface area contributed by atoms with Crippen molar-refractivity contribution in [1.29, 1.82) is 0 Å². The first-order valence-corrected chi connectivity index (χ1v) is 8.35. The lowest BCUT2D eigenvalue weighted by molar-refractivity contribution is 0.414. The summed E-state index contributed by atoms with van der Waals surface area (Å²) in [6.07, 6.45) is 3.21. The summed E-state index contributed by atoms with van der Waals surface area (Å²) in [7, 11) is 1.68. The van der Waals surface area contributed by atoms with Crippen LogP contribution in [0.1, 0.15) is 23.5 Å². The third-order valence-corrected chi connectivity index (χ3v) is 4.89. The van der Waals surface area contributed by atoms with Gasteiger partial charge in [-0.2, -0.15) is 0 Å². The van der Waals surface area contributed by atoms with E-state index >= 15 is 0 Å². The van der Waals surface area contributed by atoms with Gasteiger partial charge < -0.3 is 15.0 Å². The van der Waals surface area contributed by atoms with Crippen LogP contribution < -0.4 is 10.1 Å². The van der Waals surface area contributed by atoms with E-state index in [0.717, 1.165) is 29.7 Å². The van der Waals surface area contributed by atoms with Crippen molar-refractivity contribution in [2.24, 2.45) is 5.92 Å². The summed E-state index contributed by atoms with van der Waals surface area (Å²) in [6.45, 7) is 1.84. The Morgan fingerprint density at radius 3 is 2.83 bits per heavy atom. The first kappa shape index (κ1) is 15.2. The van der Waals surface area contributed by atoms with E-state index < -0.39 is 0 Å². The Morgan fingerprint density at radius 1 is 1.21 bits per heavy atom. The molecule has 4 heteroatoms. The van der Waals surface area contributed by atoms with Gasteiger partial charge in [-0.1, -0.05) is 12.1 Å².